The van der Waals surface area contributed by atoms with Crippen molar-refractivity contribution in [2.75, 3.05) is 15.4 Å². The second kappa shape index (κ2) is 9.91. The molecule has 5 rings (SSSR count). The van der Waals surface area contributed by atoms with Crippen LogP contribution in [-0.4, -0.2) is 30.0 Å². The predicted octanol–water partition coefficient (Wildman–Crippen LogP) is 5.17. The molecule has 4 aromatic rings. The second-order valence-electron chi connectivity index (χ2n) is 8.32. The first-order valence-corrected chi connectivity index (χ1v) is 13.6. The zero-order chi connectivity index (χ0) is 26.2. The number of carbonyl (C=O) groups is 1. The monoisotopic (exact) mass is 538 g/mol. The zero-order valence-electron chi connectivity index (χ0n) is 19.5. The van der Waals surface area contributed by atoms with E-state index in [0.717, 1.165) is 11.8 Å². The highest BCUT2D eigenvalue weighted by Gasteiger charge is 2.36. The van der Waals surface area contributed by atoms with Gasteiger partial charge in [-0.2, -0.15) is 0 Å². The lowest BCUT2D eigenvalue weighted by atomic mass is 10.1. The van der Waals surface area contributed by atoms with Crippen LogP contribution in [0.2, 0.25) is 0 Å². The summed E-state index contributed by atoms with van der Waals surface area (Å²) in [5, 5.41) is 2.95. The number of amides is 1. The predicted molar refractivity (Wildman–Crippen MR) is 138 cm³/mol. The van der Waals surface area contributed by atoms with Gasteiger partial charge >= 0.3 is 0 Å². The van der Waals surface area contributed by atoms with Gasteiger partial charge in [0.15, 0.2) is 5.16 Å². The molecule has 11 heteroatoms. The highest BCUT2D eigenvalue weighted by atomic mass is 32.2. The summed E-state index contributed by atoms with van der Waals surface area (Å²) < 4.78 is 55.4. The Labute approximate surface area is 216 Å². The maximum Gasteiger partial charge on any atom is 0.268 e. The molecule has 37 heavy (non-hydrogen) atoms. The molecular formula is C26H20F2N4O3S2. The Morgan fingerprint density at radius 3 is 2.59 bits per heavy atom. The van der Waals surface area contributed by atoms with Crippen molar-refractivity contribution in [1.29, 1.82) is 0 Å². The molecule has 0 fully saturated rings. The van der Waals surface area contributed by atoms with Gasteiger partial charge in [-0.1, -0.05) is 42.1 Å². The molecule has 3 aromatic carbocycles. The standard InChI is InChI=1S/C26H20F2N4O3S2/c1-16-11-19(28)9-10-21(16)30-24(33)15-36-26-29-13-23-25(31-26)20-7-2-3-8-22(20)32(37(23,34)35)14-17-5-4-6-18(27)12-17/h2-13H,14-15H2,1H3,(H,30,33). The normalized spacial score (nSPS) is 13.5. The number of hydrogen-bond acceptors (Lipinski definition) is 6. The van der Waals surface area contributed by atoms with Crippen LogP contribution in [0.5, 0.6) is 0 Å². The van der Waals surface area contributed by atoms with E-state index in [1.807, 2.05) is 0 Å². The van der Waals surface area contributed by atoms with Crippen molar-refractivity contribution < 1.29 is 22.0 Å². The van der Waals surface area contributed by atoms with E-state index >= 15 is 0 Å². The van der Waals surface area contributed by atoms with Crippen LogP contribution in [0.15, 0.2) is 83.0 Å². The minimum Gasteiger partial charge on any atom is -0.325 e. The first kappa shape index (κ1) is 24.8. The molecule has 0 saturated heterocycles. The molecule has 0 spiro atoms. The molecule has 188 valence electrons. The molecule has 0 unspecified atom stereocenters. The van der Waals surface area contributed by atoms with Crippen LogP contribution in [0.1, 0.15) is 11.1 Å². The van der Waals surface area contributed by atoms with Crippen molar-refractivity contribution in [1.82, 2.24) is 9.97 Å². The number of hydrogen-bond donors (Lipinski definition) is 1. The van der Waals surface area contributed by atoms with Gasteiger partial charge in [0.2, 0.25) is 5.91 Å². The number of aryl methyl sites for hydroxylation is 1. The largest absolute Gasteiger partial charge is 0.325 e. The van der Waals surface area contributed by atoms with Crippen molar-refractivity contribution in [3.8, 4) is 11.3 Å². The molecular weight excluding hydrogens is 518 g/mol. The fourth-order valence-corrected chi connectivity index (χ4v) is 6.18. The highest BCUT2D eigenvalue weighted by molar-refractivity contribution is 7.99. The molecule has 1 N–H and O–H groups in total. The number of nitrogens with one attached hydrogen (secondary N) is 1. The first-order valence-electron chi connectivity index (χ1n) is 11.1. The van der Waals surface area contributed by atoms with Gasteiger partial charge in [-0.05, 0) is 54.4 Å². The van der Waals surface area contributed by atoms with Gasteiger partial charge in [0.25, 0.3) is 10.0 Å². The van der Waals surface area contributed by atoms with Crippen molar-refractivity contribution in [3.63, 3.8) is 0 Å². The number of halogens is 2. The van der Waals surface area contributed by atoms with Crippen LogP contribution < -0.4 is 9.62 Å². The fraction of sp³-hybridized carbons (Fsp3) is 0.115. The Hall–Kier alpha value is -3.83. The van der Waals surface area contributed by atoms with Crippen LogP contribution in [0, 0.1) is 18.6 Å². The molecule has 1 aromatic heterocycles. The Morgan fingerprint density at radius 1 is 1.03 bits per heavy atom. The maximum absolute atomic E-state index is 13.7. The molecule has 0 radical (unpaired) electrons. The van der Waals surface area contributed by atoms with E-state index in [1.165, 1.54) is 46.9 Å². The topological polar surface area (TPSA) is 92.3 Å². The van der Waals surface area contributed by atoms with Gasteiger partial charge in [0.1, 0.15) is 16.5 Å². The lowest BCUT2D eigenvalue weighted by molar-refractivity contribution is -0.113. The number of thioether (sulfide) groups is 1. The maximum atomic E-state index is 13.7. The Balaban J connectivity index is 1.40. The summed E-state index contributed by atoms with van der Waals surface area (Å²) >= 11 is 1.05. The summed E-state index contributed by atoms with van der Waals surface area (Å²) in [7, 11) is -4.04. The molecule has 7 nitrogen and oxygen atoms in total. The second-order valence-corrected chi connectivity index (χ2v) is 11.1. The third-order valence-corrected chi connectivity index (χ3v) is 8.36. The number of fused-ring (bicyclic) bond motifs is 3. The number of benzene rings is 3. The number of anilines is 2. The SMILES string of the molecule is Cc1cc(F)ccc1NC(=O)CSc1ncc2c(n1)-c1ccccc1N(Cc1cccc(F)c1)S2(=O)=O. The summed E-state index contributed by atoms with van der Waals surface area (Å²) in [6.45, 7) is 1.63. The van der Waals surface area contributed by atoms with Crippen molar-refractivity contribution in [2.45, 2.75) is 23.5 Å². The van der Waals surface area contributed by atoms with Gasteiger partial charge in [0.05, 0.1) is 29.9 Å². The first-order chi connectivity index (χ1) is 17.7. The highest BCUT2D eigenvalue weighted by Crippen LogP contribution is 2.42. The van der Waals surface area contributed by atoms with Crippen LogP contribution in [0.3, 0.4) is 0 Å². The molecule has 1 aliphatic rings. The lowest BCUT2D eigenvalue weighted by Crippen LogP contribution is -2.34. The molecule has 0 aliphatic carbocycles. The van der Waals surface area contributed by atoms with Gasteiger partial charge < -0.3 is 5.32 Å². The summed E-state index contributed by atoms with van der Waals surface area (Å²) in [5.74, 6) is -1.22. The van der Waals surface area contributed by atoms with Crippen molar-refractivity contribution in [3.05, 3.63) is 95.7 Å². The average molecular weight is 539 g/mol. The number of para-hydroxylation sites is 1. The Kier molecular flexibility index (Phi) is 6.65. The molecule has 2 heterocycles. The quantitative estimate of drug-likeness (QED) is 0.269. The molecule has 0 bridgehead atoms. The number of aromatic nitrogens is 2. The van der Waals surface area contributed by atoms with E-state index in [0.29, 0.717) is 28.1 Å². The van der Waals surface area contributed by atoms with Crippen molar-refractivity contribution in [2.24, 2.45) is 0 Å². The van der Waals surface area contributed by atoms with Gasteiger partial charge in [0, 0.05) is 11.3 Å². The minimum absolute atomic E-state index is 0.0320. The van der Waals surface area contributed by atoms with Crippen LogP contribution in [0.25, 0.3) is 11.3 Å². The Bertz CT molecular complexity index is 1630. The van der Waals surface area contributed by atoms with E-state index in [1.54, 1.807) is 37.3 Å². The fourth-order valence-electron chi connectivity index (χ4n) is 4.00. The third-order valence-electron chi connectivity index (χ3n) is 5.74. The lowest BCUT2D eigenvalue weighted by Gasteiger charge is -2.31. The summed E-state index contributed by atoms with van der Waals surface area (Å²) in [4.78, 5) is 21.0. The number of sulfonamides is 1. The van der Waals surface area contributed by atoms with E-state index in [-0.39, 0.29) is 34.0 Å². The zero-order valence-corrected chi connectivity index (χ0v) is 21.1. The molecule has 1 amide bonds. The van der Waals surface area contributed by atoms with Crippen LogP contribution >= 0.6 is 11.8 Å². The van der Waals surface area contributed by atoms with Crippen LogP contribution in [-0.2, 0) is 21.4 Å². The third kappa shape index (κ3) is 5.05. The van der Waals surface area contributed by atoms with Crippen LogP contribution in [0.4, 0.5) is 20.2 Å². The minimum atomic E-state index is -4.04. The average Bonchev–Trinajstić information content (AvgIpc) is 2.87. The Morgan fingerprint density at radius 2 is 1.81 bits per heavy atom. The smallest absolute Gasteiger partial charge is 0.268 e. The summed E-state index contributed by atoms with van der Waals surface area (Å²) in [6.07, 6.45) is 1.23. The summed E-state index contributed by atoms with van der Waals surface area (Å²) in [5.41, 5.74) is 2.82. The molecule has 0 atom stereocenters. The number of nitrogens with zero attached hydrogens (tertiary/aromatic N) is 3. The van der Waals surface area contributed by atoms with Gasteiger partial charge in [-0.15, -0.1) is 0 Å². The van der Waals surface area contributed by atoms with E-state index in [9.17, 15) is 22.0 Å². The van der Waals surface area contributed by atoms with Crippen molar-refractivity contribution >= 4 is 39.1 Å². The number of rotatable bonds is 6. The van der Waals surface area contributed by atoms with Gasteiger partial charge in [-0.3, -0.25) is 9.10 Å². The molecule has 1 aliphatic heterocycles. The van der Waals surface area contributed by atoms with E-state index < -0.39 is 21.7 Å². The number of carbonyl (C=O) groups excluding carboxylic acids is 1. The van der Waals surface area contributed by atoms with Gasteiger partial charge in [-0.25, -0.2) is 27.2 Å². The van der Waals surface area contributed by atoms with E-state index in [4.69, 9.17) is 0 Å². The summed E-state index contributed by atoms with van der Waals surface area (Å²) in [6, 6.07) is 16.8. The van der Waals surface area contributed by atoms with E-state index in [2.05, 4.69) is 15.3 Å². The molecule has 0 saturated carbocycles.